The molecule has 4 heteroatoms. The Labute approximate surface area is 172 Å². The van der Waals surface area contributed by atoms with E-state index in [0.717, 1.165) is 17.1 Å². The van der Waals surface area contributed by atoms with Gasteiger partial charge in [-0.2, -0.15) is 0 Å². The number of hydrogen-bond donors (Lipinski definition) is 0. The Balaban J connectivity index is 1.63. The van der Waals surface area contributed by atoms with Crippen molar-refractivity contribution in [3.8, 4) is 17.2 Å². The number of carbonyl (C=O) groups is 1. The van der Waals surface area contributed by atoms with Gasteiger partial charge in [-0.25, -0.2) is 4.79 Å². The lowest BCUT2D eigenvalue weighted by molar-refractivity contribution is 0.0426. The van der Waals surface area contributed by atoms with Crippen molar-refractivity contribution in [3.63, 3.8) is 0 Å². The first-order valence-electron chi connectivity index (χ1n) is 9.71. The van der Waals surface area contributed by atoms with Crippen LogP contribution in [-0.4, -0.2) is 19.2 Å². The lowest BCUT2D eigenvalue weighted by Crippen LogP contribution is -2.26. The van der Waals surface area contributed by atoms with Gasteiger partial charge in [0.2, 0.25) is 0 Å². The van der Waals surface area contributed by atoms with E-state index >= 15 is 0 Å². The highest BCUT2D eigenvalue weighted by atomic mass is 16.5. The van der Waals surface area contributed by atoms with E-state index in [0.29, 0.717) is 17.9 Å². The van der Waals surface area contributed by atoms with Crippen molar-refractivity contribution in [2.75, 3.05) is 13.2 Å². The topological polar surface area (TPSA) is 44.8 Å². The first-order valence-corrected chi connectivity index (χ1v) is 9.71. The summed E-state index contributed by atoms with van der Waals surface area (Å²) in [4.78, 5) is 12.6. The summed E-state index contributed by atoms with van der Waals surface area (Å²) in [6.45, 7) is 6.95. The molecular formula is C25H26O4. The predicted molar refractivity (Wildman–Crippen MR) is 114 cm³/mol. The van der Waals surface area contributed by atoms with E-state index < -0.39 is 0 Å². The Morgan fingerprint density at radius 3 is 2.21 bits per heavy atom. The quantitative estimate of drug-likeness (QED) is 0.442. The molecule has 3 aromatic rings. The zero-order chi connectivity index (χ0) is 20.7. The molecule has 4 nitrogen and oxygen atoms in total. The van der Waals surface area contributed by atoms with Gasteiger partial charge >= 0.3 is 5.97 Å². The first kappa shape index (κ1) is 20.5. The average molecular weight is 390 g/mol. The Bertz CT molecular complexity index is 931. The molecule has 150 valence electrons. The van der Waals surface area contributed by atoms with Crippen molar-refractivity contribution in [2.24, 2.45) is 0 Å². The molecule has 0 saturated heterocycles. The Morgan fingerprint density at radius 2 is 1.52 bits per heavy atom. The molecule has 0 saturated carbocycles. The van der Waals surface area contributed by atoms with Crippen LogP contribution >= 0.6 is 0 Å². The Hall–Kier alpha value is -3.27. The molecule has 0 N–H and O–H groups in total. The van der Waals surface area contributed by atoms with Gasteiger partial charge in [-0.3, -0.25) is 0 Å². The van der Waals surface area contributed by atoms with Crippen molar-refractivity contribution in [1.29, 1.82) is 0 Å². The summed E-state index contributed by atoms with van der Waals surface area (Å²) in [6.07, 6.45) is 0. The van der Waals surface area contributed by atoms with Crippen molar-refractivity contribution < 1.29 is 19.0 Å². The van der Waals surface area contributed by atoms with Gasteiger partial charge in [0.05, 0.1) is 12.2 Å². The van der Waals surface area contributed by atoms with Crippen molar-refractivity contribution in [3.05, 3.63) is 90.0 Å². The number of hydrogen-bond acceptors (Lipinski definition) is 4. The van der Waals surface area contributed by atoms with E-state index in [1.54, 1.807) is 18.2 Å². The zero-order valence-electron chi connectivity index (χ0n) is 17.1. The van der Waals surface area contributed by atoms with Crippen LogP contribution in [0.1, 0.15) is 36.7 Å². The van der Waals surface area contributed by atoms with Crippen LogP contribution in [0.5, 0.6) is 17.2 Å². The van der Waals surface area contributed by atoms with Crippen LogP contribution in [0.15, 0.2) is 78.9 Å². The lowest BCUT2D eigenvalue weighted by atomic mass is 9.85. The molecule has 0 amide bonds. The summed E-state index contributed by atoms with van der Waals surface area (Å²) in [6, 6.07) is 24.4. The summed E-state index contributed by atoms with van der Waals surface area (Å²) < 4.78 is 16.9. The number of rotatable bonds is 8. The summed E-state index contributed by atoms with van der Waals surface area (Å²) in [7, 11) is 0. The van der Waals surface area contributed by atoms with Crippen molar-refractivity contribution in [2.45, 2.75) is 26.2 Å². The molecule has 0 bridgehead atoms. The first-order chi connectivity index (χ1) is 14.0. The standard InChI is InChI=1S/C25H26O4/c1-4-27-21-15-13-20(14-16-21)25(2,3)18-28-24(26)19-9-8-12-23(17-19)29-22-10-6-5-7-11-22/h5-17H,4,18H2,1-3H3. The zero-order valence-corrected chi connectivity index (χ0v) is 17.1. The Kier molecular flexibility index (Phi) is 6.55. The average Bonchev–Trinajstić information content (AvgIpc) is 2.74. The summed E-state index contributed by atoms with van der Waals surface area (Å²) >= 11 is 0. The second-order valence-electron chi connectivity index (χ2n) is 7.36. The van der Waals surface area contributed by atoms with Gasteiger partial charge in [-0.1, -0.05) is 50.2 Å². The molecule has 0 aliphatic rings. The minimum absolute atomic E-state index is 0.267. The highest BCUT2D eigenvalue weighted by Crippen LogP contribution is 2.27. The van der Waals surface area contributed by atoms with Gasteiger partial charge in [-0.05, 0) is 55.0 Å². The van der Waals surface area contributed by atoms with Crippen LogP contribution in [0.25, 0.3) is 0 Å². The van der Waals surface area contributed by atoms with Gasteiger partial charge in [0.1, 0.15) is 23.9 Å². The molecule has 0 atom stereocenters. The molecule has 0 radical (unpaired) electrons. The lowest BCUT2D eigenvalue weighted by Gasteiger charge is -2.25. The van der Waals surface area contributed by atoms with Crippen LogP contribution in [0.3, 0.4) is 0 Å². The second-order valence-corrected chi connectivity index (χ2v) is 7.36. The van der Waals surface area contributed by atoms with Gasteiger partial charge in [0.25, 0.3) is 0 Å². The molecule has 0 aromatic heterocycles. The molecule has 3 rings (SSSR count). The highest BCUT2D eigenvalue weighted by Gasteiger charge is 2.23. The number of carbonyl (C=O) groups excluding carboxylic acids is 1. The Morgan fingerprint density at radius 1 is 0.828 bits per heavy atom. The van der Waals surface area contributed by atoms with Gasteiger partial charge in [0, 0.05) is 5.41 Å². The maximum Gasteiger partial charge on any atom is 0.338 e. The van der Waals surface area contributed by atoms with E-state index in [2.05, 4.69) is 0 Å². The number of esters is 1. The second kappa shape index (κ2) is 9.28. The van der Waals surface area contributed by atoms with Gasteiger partial charge in [-0.15, -0.1) is 0 Å². The predicted octanol–water partition coefficient (Wildman–Crippen LogP) is 6.01. The van der Waals surface area contributed by atoms with Gasteiger partial charge in [0.15, 0.2) is 0 Å². The third kappa shape index (κ3) is 5.61. The van der Waals surface area contributed by atoms with Crippen LogP contribution in [0.2, 0.25) is 0 Å². The minimum Gasteiger partial charge on any atom is -0.494 e. The largest absolute Gasteiger partial charge is 0.494 e. The van der Waals surface area contributed by atoms with E-state index in [-0.39, 0.29) is 18.0 Å². The number of para-hydroxylation sites is 1. The fourth-order valence-electron chi connectivity index (χ4n) is 2.89. The molecular weight excluding hydrogens is 364 g/mol. The van der Waals surface area contributed by atoms with Crippen LogP contribution < -0.4 is 9.47 Å². The summed E-state index contributed by atoms with van der Waals surface area (Å²) in [5.74, 6) is 1.77. The van der Waals surface area contributed by atoms with E-state index in [9.17, 15) is 4.79 Å². The van der Waals surface area contributed by atoms with Crippen LogP contribution in [0, 0.1) is 0 Å². The minimum atomic E-state index is -0.373. The van der Waals surface area contributed by atoms with Crippen molar-refractivity contribution in [1.82, 2.24) is 0 Å². The molecule has 0 unspecified atom stereocenters. The maximum absolute atomic E-state index is 12.6. The summed E-state index contributed by atoms with van der Waals surface area (Å²) in [5.41, 5.74) is 1.22. The normalized spacial score (nSPS) is 11.0. The summed E-state index contributed by atoms with van der Waals surface area (Å²) in [5, 5.41) is 0. The monoisotopic (exact) mass is 390 g/mol. The third-order valence-electron chi connectivity index (χ3n) is 4.56. The van der Waals surface area contributed by atoms with Crippen LogP contribution in [0.4, 0.5) is 0 Å². The van der Waals surface area contributed by atoms with E-state index in [1.165, 1.54) is 0 Å². The van der Waals surface area contributed by atoms with Crippen LogP contribution in [-0.2, 0) is 10.2 Å². The fraction of sp³-hybridized carbons (Fsp3) is 0.240. The van der Waals surface area contributed by atoms with E-state index in [4.69, 9.17) is 14.2 Å². The number of ether oxygens (including phenoxy) is 3. The fourth-order valence-corrected chi connectivity index (χ4v) is 2.89. The highest BCUT2D eigenvalue weighted by molar-refractivity contribution is 5.89. The number of benzene rings is 3. The molecule has 29 heavy (non-hydrogen) atoms. The molecule has 0 aliphatic heterocycles. The van der Waals surface area contributed by atoms with Crippen molar-refractivity contribution >= 4 is 5.97 Å². The maximum atomic E-state index is 12.6. The van der Waals surface area contributed by atoms with Gasteiger partial charge < -0.3 is 14.2 Å². The molecule has 0 heterocycles. The smallest absolute Gasteiger partial charge is 0.338 e. The SMILES string of the molecule is CCOc1ccc(C(C)(C)COC(=O)c2cccc(Oc3ccccc3)c2)cc1. The molecule has 0 spiro atoms. The molecule has 0 aliphatic carbocycles. The van der Waals surface area contributed by atoms with E-state index in [1.807, 2.05) is 81.4 Å². The molecule has 3 aromatic carbocycles. The molecule has 0 fully saturated rings. The third-order valence-corrected chi connectivity index (χ3v) is 4.56.